The summed E-state index contributed by atoms with van der Waals surface area (Å²) in [6.07, 6.45) is 0.226. The number of nitrogens with one attached hydrogen (secondary N) is 2. The van der Waals surface area contributed by atoms with Crippen LogP contribution in [0.5, 0.6) is 0 Å². The van der Waals surface area contributed by atoms with Gasteiger partial charge in [0.05, 0.1) is 12.6 Å². The third kappa shape index (κ3) is 5.57. The van der Waals surface area contributed by atoms with Crippen molar-refractivity contribution in [1.82, 2.24) is 15.5 Å². The molecule has 1 aromatic rings. The molecule has 1 aliphatic heterocycles. The molecule has 1 amide bonds. The molecule has 0 unspecified atom stereocenters. The molecule has 1 fully saturated rings. The molecule has 0 radical (unpaired) electrons. The van der Waals surface area contributed by atoms with E-state index < -0.39 is 6.10 Å². The highest BCUT2D eigenvalue weighted by Crippen LogP contribution is 2.12. The van der Waals surface area contributed by atoms with Gasteiger partial charge in [-0.15, -0.1) is 0 Å². The maximum Gasteiger partial charge on any atom is 0.233 e. The number of amides is 1. The van der Waals surface area contributed by atoms with E-state index in [1.807, 2.05) is 0 Å². The quantitative estimate of drug-likeness (QED) is 0.685. The lowest BCUT2D eigenvalue weighted by atomic mass is 10.1. The lowest BCUT2D eigenvalue weighted by Gasteiger charge is -2.19. The Balaban J connectivity index is 1.64. The van der Waals surface area contributed by atoms with Crippen molar-refractivity contribution in [2.24, 2.45) is 0 Å². The van der Waals surface area contributed by atoms with Crippen LogP contribution >= 0.6 is 0 Å². The van der Waals surface area contributed by atoms with Gasteiger partial charge in [0.15, 0.2) is 0 Å². The van der Waals surface area contributed by atoms with E-state index in [2.05, 4.69) is 29.4 Å². The minimum atomic E-state index is -0.440. The third-order valence-electron chi connectivity index (χ3n) is 4.22. The molecule has 2 rings (SSSR count). The summed E-state index contributed by atoms with van der Waals surface area (Å²) in [5, 5.41) is 15.9. The zero-order valence-corrected chi connectivity index (χ0v) is 13.8. The lowest BCUT2D eigenvalue weighted by molar-refractivity contribution is -0.120. The number of aliphatic hydroxyl groups is 1. The van der Waals surface area contributed by atoms with Crippen molar-refractivity contribution in [2.75, 3.05) is 26.2 Å². The molecule has 23 heavy (non-hydrogen) atoms. The molecule has 128 valence electrons. The summed E-state index contributed by atoms with van der Waals surface area (Å²) in [7, 11) is 0. The van der Waals surface area contributed by atoms with Gasteiger partial charge in [0.2, 0.25) is 5.91 Å². The maximum absolute atomic E-state index is 12.8. The van der Waals surface area contributed by atoms with Crippen molar-refractivity contribution < 1.29 is 14.3 Å². The number of nitrogens with zero attached hydrogens (tertiary/aromatic N) is 1. The number of carbonyl (C=O) groups is 1. The van der Waals surface area contributed by atoms with Crippen LogP contribution < -0.4 is 10.6 Å². The summed E-state index contributed by atoms with van der Waals surface area (Å²) in [4.78, 5) is 14.0. The van der Waals surface area contributed by atoms with E-state index in [1.165, 1.54) is 12.1 Å². The Kier molecular flexibility index (Phi) is 6.50. The van der Waals surface area contributed by atoms with E-state index in [4.69, 9.17) is 0 Å². The fourth-order valence-electron chi connectivity index (χ4n) is 2.72. The van der Waals surface area contributed by atoms with Crippen molar-refractivity contribution in [2.45, 2.75) is 38.5 Å². The molecule has 6 heteroatoms. The van der Waals surface area contributed by atoms with Gasteiger partial charge in [0.25, 0.3) is 0 Å². The van der Waals surface area contributed by atoms with Crippen LogP contribution in [-0.2, 0) is 11.2 Å². The molecule has 1 heterocycles. The smallest absolute Gasteiger partial charge is 0.233 e. The Morgan fingerprint density at radius 1 is 1.35 bits per heavy atom. The van der Waals surface area contributed by atoms with Crippen LogP contribution in [0.1, 0.15) is 19.4 Å². The summed E-state index contributed by atoms with van der Waals surface area (Å²) < 4.78 is 12.8. The Bertz CT molecular complexity index is 507. The number of likely N-dealkylation sites (tertiary alicyclic amines) is 1. The fraction of sp³-hybridized carbons (Fsp3) is 0.588. The molecule has 0 aliphatic carbocycles. The van der Waals surface area contributed by atoms with Gasteiger partial charge in [0, 0.05) is 31.7 Å². The topological polar surface area (TPSA) is 64.6 Å². The van der Waals surface area contributed by atoms with E-state index >= 15 is 0 Å². The molecular weight excluding hydrogens is 297 g/mol. The predicted octanol–water partition coefficient (Wildman–Crippen LogP) is 0.528. The number of β-amino-alcohol motifs (C(OH)–C–C–N with tert-alkyl or cyclic N) is 1. The zero-order valence-electron chi connectivity index (χ0n) is 13.8. The SMILES string of the molecule is CC(C)N1C[C@@H](O)[C@H](NCC(=O)NCCc2ccc(F)cc2)C1. The van der Waals surface area contributed by atoms with E-state index in [9.17, 15) is 14.3 Å². The van der Waals surface area contributed by atoms with E-state index in [0.29, 0.717) is 25.6 Å². The Morgan fingerprint density at radius 2 is 2.04 bits per heavy atom. The van der Waals surface area contributed by atoms with Crippen LogP contribution in [0.25, 0.3) is 0 Å². The molecule has 1 aliphatic rings. The van der Waals surface area contributed by atoms with Crippen LogP contribution in [0.3, 0.4) is 0 Å². The molecular formula is C17H26FN3O2. The number of carbonyl (C=O) groups excluding carboxylic acids is 1. The highest BCUT2D eigenvalue weighted by atomic mass is 19.1. The van der Waals surface area contributed by atoms with Gasteiger partial charge in [-0.25, -0.2) is 4.39 Å². The van der Waals surface area contributed by atoms with Crippen molar-refractivity contribution in [3.8, 4) is 0 Å². The highest BCUT2D eigenvalue weighted by molar-refractivity contribution is 5.78. The minimum Gasteiger partial charge on any atom is -0.390 e. The van der Waals surface area contributed by atoms with Crippen molar-refractivity contribution >= 4 is 5.91 Å². The van der Waals surface area contributed by atoms with Crippen molar-refractivity contribution in [3.05, 3.63) is 35.6 Å². The second-order valence-corrected chi connectivity index (χ2v) is 6.33. The second kappa shape index (κ2) is 8.38. The number of aliphatic hydroxyl groups excluding tert-OH is 1. The third-order valence-corrected chi connectivity index (χ3v) is 4.22. The van der Waals surface area contributed by atoms with Gasteiger partial charge in [-0.05, 0) is 38.0 Å². The van der Waals surface area contributed by atoms with E-state index in [1.54, 1.807) is 12.1 Å². The molecule has 1 saturated heterocycles. The largest absolute Gasteiger partial charge is 0.390 e. The first-order valence-electron chi connectivity index (χ1n) is 8.12. The number of rotatable bonds is 7. The lowest BCUT2D eigenvalue weighted by Crippen LogP contribution is -2.45. The van der Waals surface area contributed by atoms with Crippen LogP contribution in [0.2, 0.25) is 0 Å². The van der Waals surface area contributed by atoms with Crippen LogP contribution in [0.4, 0.5) is 4.39 Å². The summed E-state index contributed by atoms with van der Waals surface area (Å²) in [5.74, 6) is -0.352. The monoisotopic (exact) mass is 323 g/mol. The zero-order chi connectivity index (χ0) is 16.8. The number of hydrogen-bond acceptors (Lipinski definition) is 4. The van der Waals surface area contributed by atoms with Crippen LogP contribution in [0.15, 0.2) is 24.3 Å². The summed E-state index contributed by atoms with van der Waals surface area (Å²) in [6.45, 7) is 6.28. The first kappa shape index (κ1) is 17.8. The molecule has 0 aromatic heterocycles. The summed E-state index contributed by atoms with van der Waals surface area (Å²) in [6, 6.07) is 6.59. The van der Waals surface area contributed by atoms with Crippen LogP contribution in [0, 0.1) is 5.82 Å². The van der Waals surface area contributed by atoms with Crippen molar-refractivity contribution in [3.63, 3.8) is 0 Å². The number of halogens is 1. The summed E-state index contributed by atoms with van der Waals surface area (Å²) in [5.41, 5.74) is 0.985. The standard InChI is InChI=1S/C17H26FN3O2/c1-12(2)21-10-15(16(22)11-21)20-9-17(23)19-8-7-13-3-5-14(18)6-4-13/h3-6,12,15-16,20,22H,7-11H2,1-2H3,(H,19,23)/t15-,16-/m1/s1. The molecule has 0 spiro atoms. The Hall–Kier alpha value is -1.50. The number of hydrogen-bond donors (Lipinski definition) is 3. The van der Waals surface area contributed by atoms with Gasteiger partial charge in [-0.3, -0.25) is 9.69 Å². The van der Waals surface area contributed by atoms with Crippen LogP contribution in [-0.4, -0.2) is 60.3 Å². The van der Waals surface area contributed by atoms with E-state index in [-0.39, 0.29) is 24.3 Å². The predicted molar refractivity (Wildman–Crippen MR) is 87.6 cm³/mol. The fourth-order valence-corrected chi connectivity index (χ4v) is 2.72. The Labute approximate surface area is 136 Å². The molecule has 1 aromatic carbocycles. The highest BCUT2D eigenvalue weighted by Gasteiger charge is 2.32. The molecule has 3 N–H and O–H groups in total. The number of benzene rings is 1. The van der Waals surface area contributed by atoms with Gasteiger partial charge >= 0.3 is 0 Å². The summed E-state index contributed by atoms with van der Waals surface area (Å²) >= 11 is 0. The molecule has 0 bridgehead atoms. The average Bonchev–Trinajstić information content (AvgIpc) is 2.89. The first-order chi connectivity index (χ1) is 11.0. The van der Waals surface area contributed by atoms with Gasteiger partial charge in [-0.1, -0.05) is 12.1 Å². The van der Waals surface area contributed by atoms with Gasteiger partial charge < -0.3 is 15.7 Å². The average molecular weight is 323 g/mol. The van der Waals surface area contributed by atoms with Gasteiger partial charge in [-0.2, -0.15) is 0 Å². The molecule has 0 saturated carbocycles. The minimum absolute atomic E-state index is 0.0692. The second-order valence-electron chi connectivity index (χ2n) is 6.33. The first-order valence-corrected chi connectivity index (χ1v) is 8.12. The van der Waals surface area contributed by atoms with Gasteiger partial charge in [0.1, 0.15) is 5.82 Å². The Morgan fingerprint density at radius 3 is 2.65 bits per heavy atom. The normalized spacial score (nSPS) is 21.8. The molecule has 2 atom stereocenters. The van der Waals surface area contributed by atoms with E-state index in [0.717, 1.165) is 12.1 Å². The van der Waals surface area contributed by atoms with Crippen molar-refractivity contribution in [1.29, 1.82) is 0 Å². The maximum atomic E-state index is 12.8. The molecule has 5 nitrogen and oxygen atoms in total.